The van der Waals surface area contributed by atoms with Gasteiger partial charge in [-0.2, -0.15) is 0 Å². The number of nitrogens with zero attached hydrogens (tertiary/aromatic N) is 3. The van der Waals surface area contributed by atoms with E-state index in [2.05, 4.69) is 4.98 Å². The van der Waals surface area contributed by atoms with E-state index in [9.17, 15) is 35.0 Å². The highest BCUT2D eigenvalue weighted by Crippen LogP contribution is 2.43. The van der Waals surface area contributed by atoms with Gasteiger partial charge in [0.15, 0.2) is 5.92 Å². The van der Waals surface area contributed by atoms with E-state index in [1.54, 1.807) is 12.5 Å². The van der Waals surface area contributed by atoms with Crippen molar-refractivity contribution in [2.75, 3.05) is 0 Å². The summed E-state index contributed by atoms with van der Waals surface area (Å²) in [6.07, 6.45) is 2.43. The lowest BCUT2D eigenvalue weighted by Gasteiger charge is -2.20. The molecule has 0 saturated heterocycles. The van der Waals surface area contributed by atoms with E-state index in [1.165, 1.54) is 6.07 Å². The minimum absolute atomic E-state index is 0.183. The van der Waals surface area contributed by atoms with E-state index in [0.29, 0.717) is 0 Å². The average Bonchev–Trinajstić information content (AvgIpc) is 3.30. The van der Waals surface area contributed by atoms with Gasteiger partial charge in [0.05, 0.1) is 40.9 Å². The predicted octanol–water partition coefficient (Wildman–Crippen LogP) is 2.74. The Labute approximate surface area is 175 Å². The number of nitro groups is 1. The summed E-state index contributed by atoms with van der Waals surface area (Å²) in [4.78, 5) is 37.5. The van der Waals surface area contributed by atoms with Gasteiger partial charge in [-0.25, -0.2) is 4.98 Å². The Hall–Kier alpha value is -4.05. The van der Waals surface area contributed by atoms with Crippen molar-refractivity contribution in [2.45, 2.75) is 24.5 Å². The first kappa shape index (κ1) is 20.2. The van der Waals surface area contributed by atoms with Gasteiger partial charge >= 0.3 is 11.9 Å². The van der Waals surface area contributed by atoms with Crippen LogP contribution in [0.4, 0.5) is 5.69 Å². The lowest BCUT2D eigenvalue weighted by atomic mass is 9.91. The number of aliphatic carboxylic acids is 2. The van der Waals surface area contributed by atoms with Crippen LogP contribution in [0.15, 0.2) is 55.0 Å². The number of imidazole rings is 1. The fourth-order valence-corrected chi connectivity index (χ4v) is 4.07. The summed E-state index contributed by atoms with van der Waals surface area (Å²) < 4.78 is 1.91. The predicted molar refractivity (Wildman–Crippen MR) is 106 cm³/mol. The van der Waals surface area contributed by atoms with Crippen LogP contribution in [0.5, 0.6) is 0 Å². The lowest BCUT2D eigenvalue weighted by molar-refractivity contribution is -0.385. The molecule has 1 aliphatic rings. The molecule has 0 amide bonds. The Morgan fingerprint density at radius 2 is 1.87 bits per heavy atom. The molecule has 2 unspecified atom stereocenters. The van der Waals surface area contributed by atoms with Gasteiger partial charge in [-0.05, 0) is 23.3 Å². The van der Waals surface area contributed by atoms with Gasteiger partial charge in [0.1, 0.15) is 0 Å². The number of aromatic nitrogens is 2. The number of rotatable bonds is 7. The van der Waals surface area contributed by atoms with Crippen LogP contribution < -0.4 is 0 Å². The first-order valence-electron chi connectivity index (χ1n) is 9.32. The third-order valence-electron chi connectivity index (χ3n) is 5.48. The molecule has 0 aliphatic carbocycles. The monoisotopic (exact) mass is 423 g/mol. The summed E-state index contributed by atoms with van der Waals surface area (Å²) in [6.45, 7) is 0. The van der Waals surface area contributed by atoms with Crippen LogP contribution in [0.2, 0.25) is 0 Å². The molecule has 10 nitrogen and oxygen atoms in total. The summed E-state index contributed by atoms with van der Waals surface area (Å²) in [7, 11) is 0. The third kappa shape index (κ3) is 3.42. The third-order valence-corrected chi connectivity index (χ3v) is 5.48. The summed E-state index contributed by atoms with van der Waals surface area (Å²) in [5.41, 5.74) is 1.94. The number of hydrogen-bond donors (Lipinski definition) is 3. The molecule has 31 heavy (non-hydrogen) atoms. The molecule has 2 heterocycles. The van der Waals surface area contributed by atoms with Crippen LogP contribution in [0, 0.1) is 10.1 Å². The number of carbonyl (C=O) groups is 2. The zero-order valence-corrected chi connectivity index (χ0v) is 16.0. The standard InChI is InChI=1S/C21H17N3O7/c25-18(8-16-12-3-1-2-4-13(12)17-9-22-10-23(16)17)11-5-6-15(24(30)31)14(7-11)19(20(26)27)21(28)29/h1-7,9-10,16,18-19,25H,8H2,(H,26,27)(H,28,29). The maximum atomic E-state index is 11.4. The molecule has 2 aromatic carbocycles. The van der Waals surface area contributed by atoms with E-state index in [0.717, 1.165) is 29.0 Å². The Kier molecular flexibility index (Phi) is 4.99. The van der Waals surface area contributed by atoms with Crippen molar-refractivity contribution in [1.82, 2.24) is 9.55 Å². The van der Waals surface area contributed by atoms with Crippen molar-refractivity contribution in [1.29, 1.82) is 0 Å². The largest absolute Gasteiger partial charge is 0.480 e. The Bertz CT molecular complexity index is 1190. The van der Waals surface area contributed by atoms with Crippen LogP contribution in [0.1, 0.15) is 41.2 Å². The van der Waals surface area contributed by atoms with Gasteiger partial charge in [-0.15, -0.1) is 0 Å². The van der Waals surface area contributed by atoms with E-state index in [1.807, 2.05) is 28.8 Å². The van der Waals surface area contributed by atoms with Crippen molar-refractivity contribution < 1.29 is 29.8 Å². The van der Waals surface area contributed by atoms with Crippen molar-refractivity contribution >= 4 is 17.6 Å². The highest BCUT2D eigenvalue weighted by molar-refractivity contribution is 6.00. The number of nitro benzene ring substituents is 1. The van der Waals surface area contributed by atoms with E-state index in [-0.39, 0.29) is 18.0 Å². The maximum absolute atomic E-state index is 11.4. The van der Waals surface area contributed by atoms with Gasteiger partial charge < -0.3 is 19.9 Å². The molecule has 3 N–H and O–H groups in total. The van der Waals surface area contributed by atoms with Crippen LogP contribution in [-0.2, 0) is 9.59 Å². The zero-order valence-electron chi connectivity index (χ0n) is 16.0. The Balaban J connectivity index is 1.71. The molecule has 1 aliphatic heterocycles. The Morgan fingerprint density at radius 1 is 1.16 bits per heavy atom. The fourth-order valence-electron chi connectivity index (χ4n) is 4.07. The zero-order chi connectivity index (χ0) is 22.3. The normalized spacial score (nSPS) is 15.4. The number of aliphatic hydroxyl groups is 1. The van der Waals surface area contributed by atoms with Crippen LogP contribution in [0.3, 0.4) is 0 Å². The Morgan fingerprint density at radius 3 is 2.55 bits per heavy atom. The second kappa shape index (κ2) is 7.65. The first-order chi connectivity index (χ1) is 14.8. The number of fused-ring (bicyclic) bond motifs is 3. The first-order valence-corrected chi connectivity index (χ1v) is 9.32. The molecule has 0 spiro atoms. The second-order valence-corrected chi connectivity index (χ2v) is 7.23. The van der Waals surface area contributed by atoms with Crippen LogP contribution in [0.25, 0.3) is 11.3 Å². The molecule has 3 aromatic rings. The number of aliphatic hydroxyl groups excluding tert-OH is 1. The van der Waals surface area contributed by atoms with Gasteiger partial charge in [-0.1, -0.05) is 24.3 Å². The van der Waals surface area contributed by atoms with Crippen molar-refractivity contribution in [2.24, 2.45) is 0 Å². The van der Waals surface area contributed by atoms with Crippen molar-refractivity contribution in [3.8, 4) is 11.3 Å². The average molecular weight is 423 g/mol. The molecule has 158 valence electrons. The minimum Gasteiger partial charge on any atom is -0.480 e. The van der Waals surface area contributed by atoms with Gasteiger partial charge in [0, 0.05) is 18.1 Å². The molecular weight excluding hydrogens is 406 g/mol. The molecule has 0 bridgehead atoms. The fraction of sp³-hybridized carbons (Fsp3) is 0.190. The molecule has 0 fully saturated rings. The highest BCUT2D eigenvalue weighted by atomic mass is 16.6. The molecule has 10 heteroatoms. The second-order valence-electron chi connectivity index (χ2n) is 7.23. The highest BCUT2D eigenvalue weighted by Gasteiger charge is 2.36. The summed E-state index contributed by atoms with van der Waals surface area (Å²) in [5, 5.41) is 40.8. The van der Waals surface area contributed by atoms with E-state index in [4.69, 9.17) is 0 Å². The lowest BCUT2D eigenvalue weighted by Crippen LogP contribution is -2.22. The molecule has 0 radical (unpaired) electrons. The molecule has 2 atom stereocenters. The van der Waals surface area contributed by atoms with Gasteiger partial charge in [0.2, 0.25) is 0 Å². The smallest absolute Gasteiger partial charge is 0.322 e. The maximum Gasteiger partial charge on any atom is 0.322 e. The summed E-state index contributed by atoms with van der Waals surface area (Å²) >= 11 is 0. The topological polar surface area (TPSA) is 156 Å². The number of carboxylic acids is 2. The number of carboxylic acid groups (broad SMARTS) is 2. The minimum atomic E-state index is -2.12. The van der Waals surface area contributed by atoms with Crippen LogP contribution >= 0.6 is 0 Å². The van der Waals surface area contributed by atoms with Gasteiger partial charge in [0.25, 0.3) is 5.69 Å². The van der Waals surface area contributed by atoms with Gasteiger partial charge in [-0.3, -0.25) is 19.7 Å². The number of hydrogen-bond acceptors (Lipinski definition) is 6. The van der Waals surface area contributed by atoms with Crippen molar-refractivity contribution in [3.63, 3.8) is 0 Å². The number of benzene rings is 2. The summed E-state index contributed by atoms with van der Waals surface area (Å²) in [5.74, 6) is -5.58. The molecular formula is C21H17N3O7. The quantitative estimate of drug-likeness (QED) is 0.297. The summed E-state index contributed by atoms with van der Waals surface area (Å²) in [6, 6.07) is 10.8. The van der Waals surface area contributed by atoms with Crippen LogP contribution in [-0.4, -0.2) is 41.7 Å². The van der Waals surface area contributed by atoms with Crippen molar-refractivity contribution in [3.05, 3.63) is 81.8 Å². The van der Waals surface area contributed by atoms with E-state index < -0.39 is 40.1 Å². The molecule has 1 aromatic heterocycles. The SMILES string of the molecule is O=C(O)C(C(=O)O)c1cc(C(O)CC2c3ccccc3-c3cncn32)ccc1[N+](=O)[O-]. The molecule has 4 rings (SSSR count). The van der Waals surface area contributed by atoms with E-state index >= 15 is 0 Å². The molecule has 0 saturated carbocycles.